The van der Waals surface area contributed by atoms with Crippen molar-refractivity contribution in [1.29, 1.82) is 0 Å². The molecule has 0 spiro atoms. The summed E-state index contributed by atoms with van der Waals surface area (Å²) >= 11 is 5.32. The summed E-state index contributed by atoms with van der Waals surface area (Å²) in [4.78, 5) is 2.53. The molecule has 0 bridgehead atoms. The Hall–Kier alpha value is -0.390. The molecule has 0 aromatic heterocycles. The number of nitrogens with zero attached hydrogens (tertiary/aromatic N) is 1. The van der Waals surface area contributed by atoms with E-state index in [1.807, 2.05) is 0 Å². The molecular formula is C14H27N3OS. The standard InChI is InChI=1S/C14H27N3OS/c1-2-17-9-3-5-12(17)11-16-14(19)15-8-7-13-6-4-10-18-13/h12-13H,2-11H2,1H3,(H2,15,16,19). The van der Waals surface area contributed by atoms with Gasteiger partial charge in [0.15, 0.2) is 5.11 Å². The molecule has 2 saturated heterocycles. The smallest absolute Gasteiger partial charge is 0.166 e. The number of nitrogens with one attached hydrogen (secondary N) is 2. The van der Waals surface area contributed by atoms with Crippen LogP contribution in [0.25, 0.3) is 0 Å². The summed E-state index contributed by atoms with van der Waals surface area (Å²) in [6, 6.07) is 0.655. The SMILES string of the molecule is CCN1CCCC1CNC(=S)NCCC1CCCO1. The van der Waals surface area contributed by atoms with Gasteiger partial charge in [0.25, 0.3) is 0 Å². The maximum Gasteiger partial charge on any atom is 0.166 e. The van der Waals surface area contributed by atoms with Gasteiger partial charge in [0.1, 0.15) is 0 Å². The van der Waals surface area contributed by atoms with Gasteiger partial charge in [0.05, 0.1) is 6.10 Å². The summed E-state index contributed by atoms with van der Waals surface area (Å²) in [6.07, 6.45) is 6.53. The lowest BCUT2D eigenvalue weighted by Crippen LogP contribution is -2.44. The highest BCUT2D eigenvalue weighted by Gasteiger charge is 2.22. The van der Waals surface area contributed by atoms with Crippen LogP contribution in [0, 0.1) is 0 Å². The Labute approximate surface area is 122 Å². The highest BCUT2D eigenvalue weighted by molar-refractivity contribution is 7.80. The number of thiocarbonyl (C=S) groups is 1. The summed E-state index contributed by atoms with van der Waals surface area (Å²) in [5.74, 6) is 0. The zero-order valence-electron chi connectivity index (χ0n) is 12.0. The van der Waals surface area contributed by atoms with Gasteiger partial charge < -0.3 is 15.4 Å². The molecule has 0 radical (unpaired) electrons. The highest BCUT2D eigenvalue weighted by atomic mass is 32.1. The fourth-order valence-corrected chi connectivity index (χ4v) is 3.22. The first kappa shape index (κ1) is 15.0. The van der Waals surface area contributed by atoms with Gasteiger partial charge >= 0.3 is 0 Å². The zero-order valence-corrected chi connectivity index (χ0v) is 12.8. The number of hydrogen-bond donors (Lipinski definition) is 2. The van der Waals surface area contributed by atoms with Crippen molar-refractivity contribution >= 4 is 17.3 Å². The lowest BCUT2D eigenvalue weighted by atomic mass is 10.2. The molecular weight excluding hydrogens is 258 g/mol. The number of hydrogen-bond acceptors (Lipinski definition) is 3. The lowest BCUT2D eigenvalue weighted by molar-refractivity contribution is 0.105. The second-order valence-electron chi connectivity index (χ2n) is 5.49. The quantitative estimate of drug-likeness (QED) is 0.724. The minimum absolute atomic E-state index is 0.445. The Morgan fingerprint density at radius 3 is 2.95 bits per heavy atom. The van der Waals surface area contributed by atoms with Crippen LogP contribution in [0.2, 0.25) is 0 Å². The molecule has 0 aromatic carbocycles. The van der Waals surface area contributed by atoms with E-state index in [9.17, 15) is 0 Å². The molecule has 5 heteroatoms. The lowest BCUT2D eigenvalue weighted by Gasteiger charge is -2.23. The van der Waals surface area contributed by atoms with Crippen LogP contribution in [0.4, 0.5) is 0 Å². The molecule has 0 aliphatic carbocycles. The number of likely N-dealkylation sites (N-methyl/N-ethyl adjacent to an activating group) is 1. The molecule has 2 fully saturated rings. The van der Waals surface area contributed by atoms with Crippen molar-refractivity contribution in [3.8, 4) is 0 Å². The Balaban J connectivity index is 1.54. The van der Waals surface area contributed by atoms with Crippen molar-refractivity contribution < 1.29 is 4.74 Å². The van der Waals surface area contributed by atoms with E-state index in [1.165, 1.54) is 32.2 Å². The van der Waals surface area contributed by atoms with Crippen molar-refractivity contribution in [2.75, 3.05) is 32.8 Å². The summed E-state index contributed by atoms with van der Waals surface area (Å²) in [7, 11) is 0. The molecule has 2 unspecified atom stereocenters. The van der Waals surface area contributed by atoms with Gasteiger partial charge in [0.2, 0.25) is 0 Å². The van der Waals surface area contributed by atoms with Crippen LogP contribution >= 0.6 is 12.2 Å². The highest BCUT2D eigenvalue weighted by Crippen LogP contribution is 2.15. The third-order valence-electron chi connectivity index (χ3n) is 4.18. The molecule has 110 valence electrons. The van der Waals surface area contributed by atoms with Crippen LogP contribution < -0.4 is 10.6 Å². The Morgan fingerprint density at radius 1 is 1.32 bits per heavy atom. The summed E-state index contributed by atoms with van der Waals surface area (Å²) in [6.45, 7) is 7.43. The summed E-state index contributed by atoms with van der Waals surface area (Å²) < 4.78 is 5.59. The summed E-state index contributed by atoms with van der Waals surface area (Å²) in [5, 5.41) is 7.43. The predicted octanol–water partition coefficient (Wildman–Crippen LogP) is 1.50. The average Bonchev–Trinajstić information content (AvgIpc) is 3.07. The van der Waals surface area contributed by atoms with E-state index in [-0.39, 0.29) is 0 Å². The van der Waals surface area contributed by atoms with E-state index in [1.54, 1.807) is 0 Å². The van der Waals surface area contributed by atoms with Gasteiger partial charge in [-0.1, -0.05) is 6.92 Å². The first-order valence-electron chi connectivity index (χ1n) is 7.67. The molecule has 2 aliphatic heterocycles. The number of ether oxygens (including phenoxy) is 1. The summed E-state index contributed by atoms with van der Waals surface area (Å²) in [5.41, 5.74) is 0. The van der Waals surface area contributed by atoms with Crippen molar-refractivity contribution in [3.63, 3.8) is 0 Å². The molecule has 4 nitrogen and oxygen atoms in total. The van der Waals surface area contributed by atoms with Gasteiger partial charge in [-0.05, 0) is 57.4 Å². The van der Waals surface area contributed by atoms with Crippen LogP contribution in [0.1, 0.15) is 39.0 Å². The van der Waals surface area contributed by atoms with Gasteiger partial charge in [-0.3, -0.25) is 4.90 Å². The van der Waals surface area contributed by atoms with E-state index in [0.717, 1.165) is 37.8 Å². The largest absolute Gasteiger partial charge is 0.378 e. The first-order valence-corrected chi connectivity index (χ1v) is 8.07. The second-order valence-corrected chi connectivity index (χ2v) is 5.89. The average molecular weight is 285 g/mol. The molecule has 2 N–H and O–H groups in total. The Bertz CT molecular complexity index is 282. The van der Waals surface area contributed by atoms with Crippen LogP contribution in [0.15, 0.2) is 0 Å². The monoisotopic (exact) mass is 285 g/mol. The number of rotatable bonds is 6. The molecule has 0 amide bonds. The van der Waals surface area contributed by atoms with E-state index in [2.05, 4.69) is 22.5 Å². The van der Waals surface area contributed by atoms with Crippen LogP contribution in [-0.2, 0) is 4.74 Å². The minimum Gasteiger partial charge on any atom is -0.378 e. The predicted molar refractivity (Wildman–Crippen MR) is 82.5 cm³/mol. The maximum atomic E-state index is 5.59. The van der Waals surface area contributed by atoms with Crippen molar-refractivity contribution in [2.24, 2.45) is 0 Å². The van der Waals surface area contributed by atoms with Gasteiger partial charge in [-0.15, -0.1) is 0 Å². The van der Waals surface area contributed by atoms with Crippen LogP contribution in [0.3, 0.4) is 0 Å². The van der Waals surface area contributed by atoms with Gasteiger partial charge in [0, 0.05) is 25.7 Å². The zero-order chi connectivity index (χ0) is 13.5. The van der Waals surface area contributed by atoms with E-state index in [0.29, 0.717) is 12.1 Å². The second kappa shape index (κ2) is 8.02. The third kappa shape index (κ3) is 4.89. The number of likely N-dealkylation sites (tertiary alicyclic amines) is 1. The third-order valence-corrected chi connectivity index (χ3v) is 4.47. The molecule has 2 aliphatic rings. The first-order chi connectivity index (χ1) is 9.29. The van der Waals surface area contributed by atoms with Crippen LogP contribution in [-0.4, -0.2) is 54.9 Å². The van der Waals surface area contributed by atoms with E-state index < -0.39 is 0 Å². The fourth-order valence-electron chi connectivity index (χ4n) is 3.03. The van der Waals surface area contributed by atoms with E-state index >= 15 is 0 Å². The van der Waals surface area contributed by atoms with Crippen molar-refractivity contribution in [1.82, 2.24) is 15.5 Å². The van der Waals surface area contributed by atoms with Crippen molar-refractivity contribution in [3.05, 3.63) is 0 Å². The Morgan fingerprint density at radius 2 is 2.21 bits per heavy atom. The maximum absolute atomic E-state index is 5.59. The molecule has 0 aromatic rings. The fraction of sp³-hybridized carbons (Fsp3) is 0.929. The molecule has 0 saturated carbocycles. The van der Waals surface area contributed by atoms with Gasteiger partial charge in [-0.25, -0.2) is 0 Å². The topological polar surface area (TPSA) is 36.5 Å². The van der Waals surface area contributed by atoms with Crippen LogP contribution in [0.5, 0.6) is 0 Å². The van der Waals surface area contributed by atoms with Crippen molar-refractivity contribution in [2.45, 2.75) is 51.2 Å². The molecule has 2 atom stereocenters. The molecule has 2 heterocycles. The molecule has 2 rings (SSSR count). The Kier molecular flexibility index (Phi) is 6.34. The van der Waals surface area contributed by atoms with E-state index in [4.69, 9.17) is 17.0 Å². The normalized spacial score (nSPS) is 27.6. The minimum atomic E-state index is 0.445. The molecule has 19 heavy (non-hydrogen) atoms. The van der Waals surface area contributed by atoms with Gasteiger partial charge in [-0.2, -0.15) is 0 Å².